The molecule has 2 aromatic heterocycles. The molecule has 5 nitrogen and oxygen atoms in total. The number of benzene rings is 2. The SMILES string of the molecule is N#Cc1ccccc1-c1ccccc1C(=O)NCc1cn2ccccc2n1. The van der Waals surface area contributed by atoms with Crippen LogP contribution in [0.2, 0.25) is 0 Å². The van der Waals surface area contributed by atoms with E-state index in [1.165, 1.54) is 0 Å². The molecule has 0 aliphatic rings. The smallest absolute Gasteiger partial charge is 0.252 e. The standard InChI is InChI=1S/C22H16N4O/c23-13-16-7-1-2-8-18(16)19-9-3-4-10-20(19)22(27)24-14-17-15-26-12-6-5-11-21(26)25-17/h1-12,15H,14H2,(H,24,27). The summed E-state index contributed by atoms with van der Waals surface area (Å²) in [7, 11) is 0. The highest BCUT2D eigenvalue weighted by Gasteiger charge is 2.15. The molecule has 27 heavy (non-hydrogen) atoms. The van der Waals surface area contributed by atoms with Gasteiger partial charge in [-0.3, -0.25) is 4.79 Å². The molecule has 1 amide bonds. The quantitative estimate of drug-likeness (QED) is 0.607. The van der Waals surface area contributed by atoms with Crippen molar-refractivity contribution in [3.05, 3.63) is 95.9 Å². The first kappa shape index (κ1) is 16.6. The van der Waals surface area contributed by atoms with Crippen molar-refractivity contribution in [1.82, 2.24) is 14.7 Å². The number of nitrogens with zero attached hydrogens (tertiary/aromatic N) is 3. The number of fused-ring (bicyclic) bond motifs is 1. The predicted octanol–water partition coefficient (Wildman–Crippen LogP) is 3.80. The van der Waals surface area contributed by atoms with Crippen molar-refractivity contribution in [3.8, 4) is 17.2 Å². The molecular formula is C22H16N4O. The Balaban J connectivity index is 1.60. The van der Waals surface area contributed by atoms with Crippen molar-refractivity contribution in [1.29, 1.82) is 5.26 Å². The number of imidazole rings is 1. The molecule has 0 unspecified atom stereocenters. The third-order valence-electron chi connectivity index (χ3n) is 4.35. The predicted molar refractivity (Wildman–Crippen MR) is 103 cm³/mol. The third kappa shape index (κ3) is 3.29. The van der Waals surface area contributed by atoms with Crippen molar-refractivity contribution >= 4 is 11.6 Å². The van der Waals surface area contributed by atoms with Crippen molar-refractivity contribution in [2.75, 3.05) is 0 Å². The summed E-state index contributed by atoms with van der Waals surface area (Å²) in [6, 6.07) is 22.5. The van der Waals surface area contributed by atoms with E-state index in [2.05, 4.69) is 16.4 Å². The van der Waals surface area contributed by atoms with Crippen LogP contribution in [0.1, 0.15) is 21.6 Å². The molecule has 0 spiro atoms. The Morgan fingerprint density at radius 2 is 1.74 bits per heavy atom. The number of amides is 1. The molecule has 0 atom stereocenters. The highest BCUT2D eigenvalue weighted by atomic mass is 16.1. The van der Waals surface area contributed by atoms with Crippen molar-refractivity contribution < 1.29 is 4.79 Å². The molecule has 0 saturated heterocycles. The second-order valence-corrected chi connectivity index (χ2v) is 6.08. The lowest BCUT2D eigenvalue weighted by Crippen LogP contribution is -2.23. The van der Waals surface area contributed by atoms with Crippen LogP contribution in [0.5, 0.6) is 0 Å². The topological polar surface area (TPSA) is 70.2 Å². The van der Waals surface area contributed by atoms with Gasteiger partial charge in [0.05, 0.1) is 23.9 Å². The maximum absolute atomic E-state index is 12.8. The number of rotatable bonds is 4. The molecule has 4 rings (SSSR count). The van der Waals surface area contributed by atoms with Crippen molar-refractivity contribution in [2.24, 2.45) is 0 Å². The summed E-state index contributed by atoms with van der Waals surface area (Å²) >= 11 is 0. The Hall–Kier alpha value is -3.91. The molecule has 0 saturated carbocycles. The van der Waals surface area contributed by atoms with Gasteiger partial charge in [0.15, 0.2) is 0 Å². The zero-order valence-electron chi connectivity index (χ0n) is 14.5. The van der Waals surface area contributed by atoms with Gasteiger partial charge >= 0.3 is 0 Å². The van der Waals surface area contributed by atoms with E-state index in [0.717, 1.165) is 22.5 Å². The summed E-state index contributed by atoms with van der Waals surface area (Å²) in [5.74, 6) is -0.199. The summed E-state index contributed by atoms with van der Waals surface area (Å²) in [4.78, 5) is 17.3. The highest BCUT2D eigenvalue weighted by Crippen LogP contribution is 2.26. The van der Waals surface area contributed by atoms with Crippen LogP contribution in [0.4, 0.5) is 0 Å². The van der Waals surface area contributed by atoms with Gasteiger partial charge in [-0.2, -0.15) is 5.26 Å². The monoisotopic (exact) mass is 352 g/mol. The van der Waals surface area contributed by atoms with E-state index >= 15 is 0 Å². The number of carbonyl (C=O) groups is 1. The second-order valence-electron chi connectivity index (χ2n) is 6.08. The van der Waals surface area contributed by atoms with Crippen molar-refractivity contribution in [2.45, 2.75) is 6.54 Å². The molecule has 0 aliphatic carbocycles. The normalized spacial score (nSPS) is 10.5. The summed E-state index contributed by atoms with van der Waals surface area (Å²) in [5, 5.41) is 12.3. The highest BCUT2D eigenvalue weighted by molar-refractivity contribution is 6.01. The van der Waals surface area contributed by atoms with Crippen LogP contribution in [-0.2, 0) is 6.54 Å². The molecule has 0 fully saturated rings. The van der Waals surface area contributed by atoms with Crippen molar-refractivity contribution in [3.63, 3.8) is 0 Å². The van der Waals surface area contributed by atoms with Gasteiger partial charge in [-0.05, 0) is 29.8 Å². The first-order chi connectivity index (χ1) is 13.3. The molecule has 2 heterocycles. The molecular weight excluding hydrogens is 336 g/mol. The van der Waals surface area contributed by atoms with Crippen LogP contribution in [0.15, 0.2) is 79.1 Å². The average Bonchev–Trinajstić information content (AvgIpc) is 3.15. The van der Waals surface area contributed by atoms with E-state index in [4.69, 9.17) is 0 Å². The van der Waals surface area contributed by atoms with Gasteiger partial charge in [-0.25, -0.2) is 4.98 Å². The number of hydrogen-bond acceptors (Lipinski definition) is 3. The minimum Gasteiger partial charge on any atom is -0.346 e. The lowest BCUT2D eigenvalue weighted by Gasteiger charge is -2.11. The van der Waals surface area contributed by atoms with Crippen LogP contribution < -0.4 is 5.32 Å². The fraction of sp³-hybridized carbons (Fsp3) is 0.0455. The molecule has 2 aromatic carbocycles. The summed E-state index contributed by atoms with van der Waals surface area (Å²) in [6.07, 6.45) is 3.81. The molecule has 4 aromatic rings. The van der Waals surface area contributed by atoms with E-state index in [1.54, 1.807) is 12.1 Å². The zero-order valence-corrected chi connectivity index (χ0v) is 14.5. The van der Waals surface area contributed by atoms with E-state index in [9.17, 15) is 10.1 Å². The van der Waals surface area contributed by atoms with Gasteiger partial charge in [0, 0.05) is 23.5 Å². The number of carbonyl (C=O) groups excluding carboxylic acids is 1. The minimum atomic E-state index is -0.199. The molecule has 0 aliphatic heterocycles. The Morgan fingerprint density at radius 1 is 1.00 bits per heavy atom. The summed E-state index contributed by atoms with van der Waals surface area (Å²) < 4.78 is 1.92. The van der Waals surface area contributed by atoms with Gasteiger partial charge in [0.2, 0.25) is 0 Å². The van der Waals surface area contributed by atoms with E-state index in [0.29, 0.717) is 17.7 Å². The van der Waals surface area contributed by atoms with Gasteiger partial charge in [-0.15, -0.1) is 0 Å². The Morgan fingerprint density at radius 3 is 2.56 bits per heavy atom. The summed E-state index contributed by atoms with van der Waals surface area (Å²) in [5.41, 5.74) is 4.18. The maximum atomic E-state index is 12.8. The first-order valence-corrected chi connectivity index (χ1v) is 8.55. The number of nitriles is 1. The lowest BCUT2D eigenvalue weighted by atomic mass is 9.95. The lowest BCUT2D eigenvalue weighted by molar-refractivity contribution is 0.0951. The number of pyridine rings is 1. The molecule has 0 radical (unpaired) electrons. The molecule has 130 valence electrons. The first-order valence-electron chi connectivity index (χ1n) is 8.55. The van der Waals surface area contributed by atoms with E-state index < -0.39 is 0 Å². The van der Waals surface area contributed by atoms with Gasteiger partial charge in [0.25, 0.3) is 5.91 Å². The zero-order chi connectivity index (χ0) is 18.6. The Bertz CT molecular complexity index is 1140. The van der Waals surface area contributed by atoms with Crippen LogP contribution in [-0.4, -0.2) is 15.3 Å². The average molecular weight is 352 g/mol. The number of aromatic nitrogens is 2. The second kappa shape index (κ2) is 7.14. The maximum Gasteiger partial charge on any atom is 0.252 e. The summed E-state index contributed by atoms with van der Waals surface area (Å²) in [6.45, 7) is 0.328. The van der Waals surface area contributed by atoms with E-state index in [-0.39, 0.29) is 5.91 Å². The molecule has 1 N–H and O–H groups in total. The Labute approximate surface area is 156 Å². The van der Waals surface area contributed by atoms with Gasteiger partial charge in [-0.1, -0.05) is 42.5 Å². The Kier molecular flexibility index (Phi) is 4.38. The fourth-order valence-electron chi connectivity index (χ4n) is 3.07. The number of hydrogen-bond donors (Lipinski definition) is 1. The molecule has 5 heteroatoms. The third-order valence-corrected chi connectivity index (χ3v) is 4.35. The van der Waals surface area contributed by atoms with E-state index in [1.807, 2.05) is 71.4 Å². The van der Waals surface area contributed by atoms with Crippen LogP contribution >= 0.6 is 0 Å². The van der Waals surface area contributed by atoms with Gasteiger partial charge < -0.3 is 9.72 Å². The van der Waals surface area contributed by atoms with Gasteiger partial charge in [0.1, 0.15) is 5.65 Å². The molecule has 0 bridgehead atoms. The minimum absolute atomic E-state index is 0.199. The fourth-order valence-corrected chi connectivity index (χ4v) is 3.07. The largest absolute Gasteiger partial charge is 0.346 e. The number of nitrogens with one attached hydrogen (secondary N) is 1. The van der Waals surface area contributed by atoms with Crippen LogP contribution in [0.25, 0.3) is 16.8 Å². The van der Waals surface area contributed by atoms with Crippen LogP contribution in [0.3, 0.4) is 0 Å². The van der Waals surface area contributed by atoms with Crippen LogP contribution in [0, 0.1) is 11.3 Å².